The molecule has 4 N–H and O–H groups in total. The lowest BCUT2D eigenvalue weighted by molar-refractivity contribution is 0.0696. The molecule has 1 aliphatic heterocycles. The Balaban J connectivity index is 1.34. The Hall–Kier alpha value is -4.39. The molecule has 0 radical (unpaired) electrons. The lowest BCUT2D eigenvalue weighted by Crippen LogP contribution is -2.23. The highest BCUT2D eigenvalue weighted by Crippen LogP contribution is 2.23. The van der Waals surface area contributed by atoms with Crippen molar-refractivity contribution in [2.75, 3.05) is 11.9 Å². The summed E-state index contributed by atoms with van der Waals surface area (Å²) in [6.07, 6.45) is 3.00. The van der Waals surface area contributed by atoms with E-state index in [9.17, 15) is 14.4 Å². The molecule has 2 heterocycles. The predicted molar refractivity (Wildman–Crippen MR) is 131 cm³/mol. The summed E-state index contributed by atoms with van der Waals surface area (Å²) in [5.74, 6) is -1.23. The maximum absolute atomic E-state index is 13.1. The number of amides is 1. The fourth-order valence-electron chi connectivity index (χ4n) is 4.27. The number of carboxylic acids is 1. The van der Waals surface area contributed by atoms with Crippen LogP contribution in [0.1, 0.15) is 43.0 Å². The molecule has 0 spiro atoms. The van der Waals surface area contributed by atoms with E-state index >= 15 is 0 Å². The Bertz CT molecular complexity index is 1470. The molecule has 0 fully saturated rings. The summed E-state index contributed by atoms with van der Waals surface area (Å²) in [4.78, 5) is 40.1. The third-order valence-corrected chi connectivity index (χ3v) is 6.15. The molecule has 3 aromatic carbocycles. The lowest BCUT2D eigenvalue weighted by atomic mass is 10.0. The van der Waals surface area contributed by atoms with Crippen molar-refractivity contribution >= 4 is 28.5 Å². The van der Waals surface area contributed by atoms with Crippen molar-refractivity contribution in [2.45, 2.75) is 19.4 Å². The number of carboxylic acid groups (broad SMARTS) is 1. The van der Waals surface area contributed by atoms with Crippen LogP contribution in [-0.4, -0.2) is 28.5 Å². The maximum Gasteiger partial charge on any atom is 0.335 e. The van der Waals surface area contributed by atoms with Crippen molar-refractivity contribution in [2.24, 2.45) is 0 Å². The van der Waals surface area contributed by atoms with Crippen LogP contribution in [0.5, 0.6) is 0 Å². The monoisotopic (exact) mass is 453 g/mol. The summed E-state index contributed by atoms with van der Waals surface area (Å²) < 4.78 is 0. The van der Waals surface area contributed by atoms with Crippen LogP contribution in [0.3, 0.4) is 0 Å². The minimum atomic E-state index is -0.992. The van der Waals surface area contributed by atoms with Gasteiger partial charge in [0, 0.05) is 53.4 Å². The quantitative estimate of drug-likeness (QED) is 0.356. The van der Waals surface area contributed by atoms with Crippen molar-refractivity contribution in [1.29, 1.82) is 0 Å². The zero-order valence-electron chi connectivity index (χ0n) is 18.4. The minimum Gasteiger partial charge on any atom is -0.478 e. The molecule has 170 valence electrons. The number of rotatable bonds is 6. The van der Waals surface area contributed by atoms with Gasteiger partial charge in [-0.25, -0.2) is 4.79 Å². The molecule has 7 nitrogen and oxygen atoms in total. The minimum absolute atomic E-state index is 0.156. The number of aromatic amines is 1. The Kier molecular flexibility index (Phi) is 5.59. The van der Waals surface area contributed by atoms with E-state index in [2.05, 4.69) is 21.7 Å². The number of aromatic nitrogens is 1. The second kappa shape index (κ2) is 8.86. The molecule has 5 rings (SSSR count). The molecule has 7 heteroatoms. The number of fused-ring (bicyclic) bond motifs is 2. The van der Waals surface area contributed by atoms with Gasteiger partial charge >= 0.3 is 5.97 Å². The van der Waals surface area contributed by atoms with Gasteiger partial charge in [-0.05, 0) is 59.5 Å². The van der Waals surface area contributed by atoms with Crippen LogP contribution in [-0.2, 0) is 19.4 Å². The van der Waals surface area contributed by atoms with Gasteiger partial charge in [-0.2, -0.15) is 0 Å². The molecule has 0 atom stereocenters. The third kappa shape index (κ3) is 4.28. The number of carbonyl (C=O) groups is 2. The number of benzene rings is 3. The fraction of sp³-hybridized carbons (Fsp3) is 0.148. The van der Waals surface area contributed by atoms with Gasteiger partial charge in [0.15, 0.2) is 5.43 Å². The average Bonchev–Trinajstić information content (AvgIpc) is 3.32. The summed E-state index contributed by atoms with van der Waals surface area (Å²) in [5, 5.41) is 15.8. The number of hydrogen-bond acceptors (Lipinski definition) is 4. The molecule has 1 amide bonds. The van der Waals surface area contributed by atoms with E-state index in [4.69, 9.17) is 5.11 Å². The van der Waals surface area contributed by atoms with Crippen LogP contribution in [0, 0.1) is 0 Å². The van der Waals surface area contributed by atoms with Crippen molar-refractivity contribution in [3.63, 3.8) is 0 Å². The van der Waals surface area contributed by atoms with Crippen molar-refractivity contribution < 1.29 is 14.7 Å². The van der Waals surface area contributed by atoms with Crippen molar-refractivity contribution in [1.82, 2.24) is 10.3 Å². The van der Waals surface area contributed by atoms with E-state index < -0.39 is 5.97 Å². The summed E-state index contributed by atoms with van der Waals surface area (Å²) in [5.41, 5.74) is 5.92. The second-order valence-electron chi connectivity index (χ2n) is 8.43. The molecular formula is C27H23N3O4. The first-order valence-corrected chi connectivity index (χ1v) is 11.1. The van der Waals surface area contributed by atoms with Gasteiger partial charge in [0.1, 0.15) is 0 Å². The number of hydrogen-bond donors (Lipinski definition) is 4. The van der Waals surface area contributed by atoms with Gasteiger partial charge in [-0.15, -0.1) is 0 Å². The SMILES string of the molecule is O=C(O)c1ccc(Cc2c[nH]c3ccc(C(=O)NCc4ccc5c(c4)CCN5)cc3c2=O)cc1. The van der Waals surface area contributed by atoms with Crippen LogP contribution in [0.2, 0.25) is 0 Å². The Morgan fingerprint density at radius 1 is 0.941 bits per heavy atom. The van der Waals surface area contributed by atoms with Gasteiger partial charge < -0.3 is 20.7 Å². The third-order valence-electron chi connectivity index (χ3n) is 6.15. The highest BCUT2D eigenvalue weighted by Gasteiger charge is 2.13. The number of aromatic carboxylic acids is 1. The van der Waals surface area contributed by atoms with Crippen LogP contribution in [0.15, 0.2) is 71.7 Å². The molecule has 0 saturated heterocycles. The van der Waals surface area contributed by atoms with Gasteiger partial charge in [-0.1, -0.05) is 24.3 Å². The van der Waals surface area contributed by atoms with E-state index in [0.717, 1.165) is 29.8 Å². The number of nitrogens with one attached hydrogen (secondary N) is 3. The van der Waals surface area contributed by atoms with Crippen LogP contribution >= 0.6 is 0 Å². The summed E-state index contributed by atoms with van der Waals surface area (Å²) in [7, 11) is 0. The van der Waals surface area contributed by atoms with Crippen LogP contribution in [0.4, 0.5) is 5.69 Å². The average molecular weight is 453 g/mol. The number of pyridine rings is 1. The summed E-state index contributed by atoms with van der Waals surface area (Å²) in [6, 6.07) is 17.6. The maximum atomic E-state index is 13.1. The first kappa shape index (κ1) is 21.5. The lowest BCUT2D eigenvalue weighted by Gasteiger charge is -2.09. The van der Waals surface area contributed by atoms with Gasteiger partial charge in [-0.3, -0.25) is 9.59 Å². The number of carbonyl (C=O) groups excluding carboxylic acids is 1. The molecule has 0 unspecified atom stereocenters. The smallest absolute Gasteiger partial charge is 0.335 e. The van der Waals surface area contributed by atoms with E-state index in [1.54, 1.807) is 36.5 Å². The summed E-state index contributed by atoms with van der Waals surface area (Å²) >= 11 is 0. The van der Waals surface area contributed by atoms with E-state index in [1.807, 2.05) is 12.1 Å². The van der Waals surface area contributed by atoms with Crippen LogP contribution < -0.4 is 16.1 Å². The standard InChI is InChI=1S/C27H23N3O4/c31-25-21(11-16-1-4-18(5-2-16)27(33)34)15-29-24-8-6-20(13-22(24)25)26(32)30-14-17-3-7-23-19(12-17)9-10-28-23/h1-8,12-13,15,28H,9-11,14H2,(H,29,31)(H,30,32)(H,33,34). The molecule has 0 bridgehead atoms. The molecule has 4 aromatic rings. The summed E-state index contributed by atoms with van der Waals surface area (Å²) in [6.45, 7) is 1.35. The van der Waals surface area contributed by atoms with E-state index in [1.165, 1.54) is 17.7 Å². The predicted octanol–water partition coefficient (Wildman–Crippen LogP) is 3.72. The second-order valence-corrected chi connectivity index (χ2v) is 8.43. The molecular weight excluding hydrogens is 430 g/mol. The first-order valence-electron chi connectivity index (χ1n) is 11.1. The largest absolute Gasteiger partial charge is 0.478 e. The molecule has 34 heavy (non-hydrogen) atoms. The van der Waals surface area contributed by atoms with Crippen LogP contribution in [0.25, 0.3) is 10.9 Å². The molecule has 1 aliphatic rings. The van der Waals surface area contributed by atoms with Gasteiger partial charge in [0.2, 0.25) is 0 Å². The first-order chi connectivity index (χ1) is 16.5. The number of anilines is 1. The highest BCUT2D eigenvalue weighted by atomic mass is 16.4. The molecule has 1 aromatic heterocycles. The zero-order valence-corrected chi connectivity index (χ0v) is 18.4. The Morgan fingerprint density at radius 3 is 2.50 bits per heavy atom. The molecule has 0 saturated carbocycles. The van der Waals surface area contributed by atoms with Crippen molar-refractivity contribution in [3.8, 4) is 0 Å². The van der Waals surface area contributed by atoms with Crippen molar-refractivity contribution in [3.05, 3.63) is 110 Å². The normalized spacial score (nSPS) is 12.2. The molecule has 0 aliphatic carbocycles. The fourth-order valence-corrected chi connectivity index (χ4v) is 4.27. The number of H-pyrrole nitrogens is 1. The topological polar surface area (TPSA) is 111 Å². The zero-order chi connectivity index (χ0) is 23.7. The Morgan fingerprint density at radius 2 is 1.71 bits per heavy atom. The highest BCUT2D eigenvalue weighted by molar-refractivity contribution is 5.98. The van der Waals surface area contributed by atoms with E-state index in [0.29, 0.717) is 35.0 Å². The van der Waals surface area contributed by atoms with Gasteiger partial charge in [0.25, 0.3) is 5.91 Å². The Labute approximate surface area is 195 Å². The van der Waals surface area contributed by atoms with Gasteiger partial charge in [0.05, 0.1) is 5.56 Å². The van der Waals surface area contributed by atoms with E-state index in [-0.39, 0.29) is 16.9 Å².